The molecule has 0 radical (unpaired) electrons. The van der Waals surface area contributed by atoms with Gasteiger partial charge in [-0.15, -0.1) is 0 Å². The van der Waals surface area contributed by atoms with Crippen molar-refractivity contribution in [3.8, 4) is 11.5 Å². The molecule has 0 spiro atoms. The molecule has 0 aliphatic heterocycles. The Labute approximate surface area is 250 Å². The van der Waals surface area contributed by atoms with Crippen LogP contribution in [0.15, 0.2) is 66.7 Å². The predicted molar refractivity (Wildman–Crippen MR) is 159 cm³/mol. The zero-order valence-corrected chi connectivity index (χ0v) is 24.8. The maximum absolute atomic E-state index is 13.6. The van der Waals surface area contributed by atoms with Gasteiger partial charge >= 0.3 is 11.9 Å². The summed E-state index contributed by atoms with van der Waals surface area (Å²) < 4.78 is 16.9. The van der Waals surface area contributed by atoms with Crippen LogP contribution in [0.3, 0.4) is 0 Å². The van der Waals surface area contributed by atoms with Gasteiger partial charge in [0, 0.05) is 6.42 Å². The molecule has 2 N–H and O–H groups in total. The molecule has 10 heteroatoms. The molecule has 0 bridgehead atoms. The van der Waals surface area contributed by atoms with Crippen molar-refractivity contribution in [2.45, 2.75) is 45.3 Å². The highest BCUT2D eigenvalue weighted by Crippen LogP contribution is 2.43. The summed E-state index contributed by atoms with van der Waals surface area (Å²) in [5, 5.41) is 5.69. The molecule has 41 heavy (non-hydrogen) atoms. The van der Waals surface area contributed by atoms with Crippen LogP contribution < -0.4 is 20.1 Å². The third-order valence-electron chi connectivity index (χ3n) is 5.87. The fourth-order valence-corrected chi connectivity index (χ4v) is 4.49. The second kappa shape index (κ2) is 16.0. The Morgan fingerprint density at radius 3 is 2.20 bits per heavy atom. The van der Waals surface area contributed by atoms with Crippen LogP contribution in [0.25, 0.3) is 0 Å². The van der Waals surface area contributed by atoms with E-state index in [4.69, 9.17) is 37.4 Å². The third kappa shape index (κ3) is 9.49. The highest BCUT2D eigenvalue weighted by atomic mass is 35.5. The smallest absolute Gasteiger partial charge is 0.343 e. The molecule has 0 aliphatic rings. The van der Waals surface area contributed by atoms with Gasteiger partial charge in [-0.1, -0.05) is 71.7 Å². The number of carbonyl (C=O) groups excluding carboxylic acids is 3. The van der Waals surface area contributed by atoms with Crippen molar-refractivity contribution in [2.24, 2.45) is 0 Å². The van der Waals surface area contributed by atoms with E-state index < -0.39 is 30.0 Å². The number of nitrogens with one attached hydrogen (secondary N) is 2. The minimum absolute atomic E-state index is 0.0534. The number of unbranched alkanes of at least 4 members (excludes halogenated alkanes) is 1. The lowest BCUT2D eigenvalue weighted by Gasteiger charge is -2.21. The van der Waals surface area contributed by atoms with Crippen LogP contribution >= 0.6 is 23.2 Å². The third-order valence-corrected chi connectivity index (χ3v) is 6.50. The van der Waals surface area contributed by atoms with Crippen LogP contribution in [0.2, 0.25) is 10.0 Å². The van der Waals surface area contributed by atoms with Gasteiger partial charge in [0.1, 0.15) is 11.1 Å². The molecule has 0 saturated heterocycles. The summed E-state index contributed by atoms with van der Waals surface area (Å²) in [6.45, 7) is 4.56. The second-order valence-corrected chi connectivity index (χ2v) is 10.3. The number of amides is 1. The van der Waals surface area contributed by atoms with Gasteiger partial charge in [-0.25, -0.2) is 9.59 Å². The fraction of sp³-hybridized carbons (Fsp3) is 0.323. The summed E-state index contributed by atoms with van der Waals surface area (Å²) in [6, 6.07) is 17.7. The number of benzene rings is 3. The Kier molecular flexibility index (Phi) is 12.5. The fourth-order valence-electron chi connectivity index (χ4n) is 3.88. The summed E-state index contributed by atoms with van der Waals surface area (Å²) in [5.41, 5.74) is 0.927. The van der Waals surface area contributed by atoms with E-state index in [2.05, 4.69) is 10.6 Å². The summed E-state index contributed by atoms with van der Waals surface area (Å²) in [4.78, 5) is 39.6. The van der Waals surface area contributed by atoms with E-state index in [1.165, 1.54) is 6.07 Å². The Balaban J connectivity index is 1.96. The van der Waals surface area contributed by atoms with Crippen molar-refractivity contribution in [2.75, 3.05) is 20.2 Å². The van der Waals surface area contributed by atoms with Gasteiger partial charge < -0.3 is 24.8 Å². The van der Waals surface area contributed by atoms with Gasteiger partial charge in [0.15, 0.2) is 11.5 Å². The molecule has 0 saturated carbocycles. The molecule has 1 unspecified atom stereocenters. The van der Waals surface area contributed by atoms with Crippen LogP contribution in [-0.2, 0) is 16.0 Å². The average molecular weight is 602 g/mol. The zero-order chi connectivity index (χ0) is 29.8. The van der Waals surface area contributed by atoms with E-state index in [1.54, 1.807) is 44.2 Å². The molecule has 1 atom stereocenters. The summed E-state index contributed by atoms with van der Waals surface area (Å²) in [5.74, 6) is -2.22. The van der Waals surface area contributed by atoms with Crippen molar-refractivity contribution in [1.29, 1.82) is 0 Å². The topological polar surface area (TPSA) is 103 Å². The number of carbonyl (C=O) groups is 3. The van der Waals surface area contributed by atoms with Crippen LogP contribution in [0, 0.1) is 0 Å². The Bertz CT molecular complexity index is 1320. The van der Waals surface area contributed by atoms with E-state index in [1.807, 2.05) is 37.4 Å². The van der Waals surface area contributed by atoms with Crippen molar-refractivity contribution < 1.29 is 28.6 Å². The minimum Gasteiger partial charge on any atom is -0.490 e. The van der Waals surface area contributed by atoms with Gasteiger partial charge in [-0.05, 0) is 64.0 Å². The number of esters is 2. The standard InChI is InChI=1S/C31H34Cl2N2O6/c1-20(2)40-31(38)25(18-21-12-6-4-7-13-21)35-29(36)23-19-24(32)28(39-17-11-10-16-34-3)26(33)27(23)41-30(37)22-14-8-5-9-15-22/h4-9,12-15,19-20,25,34H,10-11,16-18H2,1-3H3,(H,35,36). The molecule has 3 aromatic carbocycles. The molecule has 0 heterocycles. The first-order valence-corrected chi connectivity index (χ1v) is 14.1. The molecule has 8 nitrogen and oxygen atoms in total. The quantitative estimate of drug-likeness (QED) is 0.135. The highest BCUT2D eigenvalue weighted by Gasteiger charge is 2.29. The lowest BCUT2D eigenvalue weighted by molar-refractivity contribution is -0.149. The van der Waals surface area contributed by atoms with E-state index in [0.717, 1.165) is 18.5 Å². The van der Waals surface area contributed by atoms with E-state index in [0.29, 0.717) is 13.0 Å². The molecular formula is C31H34Cl2N2O6. The van der Waals surface area contributed by atoms with Crippen molar-refractivity contribution in [3.05, 3.63) is 93.5 Å². The lowest BCUT2D eigenvalue weighted by Crippen LogP contribution is -2.44. The highest BCUT2D eigenvalue weighted by molar-refractivity contribution is 6.39. The van der Waals surface area contributed by atoms with Crippen LogP contribution in [0.1, 0.15) is 53.0 Å². The van der Waals surface area contributed by atoms with Gasteiger partial charge in [-0.2, -0.15) is 0 Å². The number of hydrogen-bond acceptors (Lipinski definition) is 7. The van der Waals surface area contributed by atoms with E-state index in [9.17, 15) is 14.4 Å². The SMILES string of the molecule is CNCCCCOc1c(Cl)cc(C(=O)NC(Cc2ccccc2)C(=O)OC(C)C)c(OC(=O)c2ccccc2)c1Cl. The molecule has 1 amide bonds. The molecule has 3 aromatic rings. The molecule has 218 valence electrons. The number of ether oxygens (including phenoxy) is 3. The average Bonchev–Trinajstić information content (AvgIpc) is 2.96. The van der Waals surface area contributed by atoms with Crippen LogP contribution in [0.4, 0.5) is 0 Å². The Morgan fingerprint density at radius 2 is 1.56 bits per heavy atom. The van der Waals surface area contributed by atoms with Crippen molar-refractivity contribution in [3.63, 3.8) is 0 Å². The number of rotatable bonds is 14. The first kappa shape index (κ1) is 31.9. The van der Waals surface area contributed by atoms with E-state index >= 15 is 0 Å². The van der Waals surface area contributed by atoms with Crippen LogP contribution in [-0.4, -0.2) is 50.2 Å². The van der Waals surface area contributed by atoms with Crippen molar-refractivity contribution >= 4 is 41.0 Å². The number of hydrogen-bond donors (Lipinski definition) is 2. The summed E-state index contributed by atoms with van der Waals surface area (Å²) in [6.07, 6.45) is 1.35. The molecule has 0 fully saturated rings. The maximum atomic E-state index is 13.6. The first-order valence-electron chi connectivity index (χ1n) is 13.3. The Morgan fingerprint density at radius 1 is 0.902 bits per heavy atom. The van der Waals surface area contributed by atoms with Gasteiger partial charge in [0.05, 0.1) is 28.9 Å². The van der Waals surface area contributed by atoms with Crippen molar-refractivity contribution in [1.82, 2.24) is 10.6 Å². The lowest BCUT2D eigenvalue weighted by atomic mass is 10.0. The molecule has 3 rings (SSSR count). The summed E-state index contributed by atoms with van der Waals surface area (Å²) >= 11 is 13.2. The Hall–Kier alpha value is -3.59. The first-order chi connectivity index (χ1) is 19.7. The molecular weight excluding hydrogens is 567 g/mol. The van der Waals surface area contributed by atoms with Gasteiger partial charge in [0.25, 0.3) is 5.91 Å². The van der Waals surface area contributed by atoms with Gasteiger partial charge in [-0.3, -0.25) is 4.79 Å². The second-order valence-electron chi connectivity index (χ2n) is 9.49. The monoisotopic (exact) mass is 600 g/mol. The largest absolute Gasteiger partial charge is 0.490 e. The minimum atomic E-state index is -1.04. The van der Waals surface area contributed by atoms with E-state index in [-0.39, 0.29) is 39.1 Å². The van der Waals surface area contributed by atoms with Crippen LogP contribution in [0.5, 0.6) is 11.5 Å². The normalized spacial score (nSPS) is 11.6. The predicted octanol–water partition coefficient (Wildman–Crippen LogP) is 5.88. The van der Waals surface area contributed by atoms with Gasteiger partial charge in [0.2, 0.25) is 0 Å². The number of halogens is 2. The summed E-state index contributed by atoms with van der Waals surface area (Å²) in [7, 11) is 1.86. The molecule has 0 aliphatic carbocycles. The zero-order valence-electron chi connectivity index (χ0n) is 23.2. The maximum Gasteiger partial charge on any atom is 0.343 e. The molecule has 0 aromatic heterocycles.